The SMILES string of the molecule is COc1ccc(-c2cc(-c3cccc(Br)c3)nc(N)c2C#N)cc1OC. The van der Waals surface area contributed by atoms with Crippen LogP contribution >= 0.6 is 15.9 Å². The Hall–Kier alpha value is -3.04. The van der Waals surface area contributed by atoms with Crippen LogP contribution < -0.4 is 15.2 Å². The maximum Gasteiger partial charge on any atom is 0.161 e. The van der Waals surface area contributed by atoms with Crippen LogP contribution in [0.4, 0.5) is 5.82 Å². The van der Waals surface area contributed by atoms with Crippen molar-refractivity contribution < 1.29 is 9.47 Å². The predicted molar refractivity (Wildman–Crippen MR) is 105 cm³/mol. The number of halogens is 1. The highest BCUT2D eigenvalue weighted by molar-refractivity contribution is 9.10. The van der Waals surface area contributed by atoms with Gasteiger partial charge in [-0.25, -0.2) is 4.98 Å². The summed E-state index contributed by atoms with van der Waals surface area (Å²) in [6.45, 7) is 0. The van der Waals surface area contributed by atoms with Gasteiger partial charge in [0.25, 0.3) is 0 Å². The molecule has 0 bridgehead atoms. The molecule has 2 aromatic carbocycles. The Bertz CT molecular complexity index is 1010. The molecule has 0 fully saturated rings. The monoisotopic (exact) mass is 409 g/mol. The summed E-state index contributed by atoms with van der Waals surface area (Å²) in [7, 11) is 3.15. The highest BCUT2D eigenvalue weighted by Crippen LogP contribution is 2.36. The van der Waals surface area contributed by atoms with Gasteiger partial charge < -0.3 is 15.2 Å². The summed E-state index contributed by atoms with van der Waals surface area (Å²) < 4.78 is 11.6. The van der Waals surface area contributed by atoms with Gasteiger partial charge in [-0.05, 0) is 35.9 Å². The Kier molecular flexibility index (Phi) is 5.10. The molecule has 1 aromatic heterocycles. The first-order chi connectivity index (χ1) is 12.6. The third-order valence-corrected chi connectivity index (χ3v) is 4.47. The number of aromatic nitrogens is 1. The van der Waals surface area contributed by atoms with Crippen molar-refractivity contribution in [2.24, 2.45) is 0 Å². The third kappa shape index (κ3) is 3.35. The number of rotatable bonds is 4. The van der Waals surface area contributed by atoms with Crippen molar-refractivity contribution in [3.05, 3.63) is 58.6 Å². The van der Waals surface area contributed by atoms with E-state index in [0.717, 1.165) is 15.6 Å². The molecule has 2 N–H and O–H groups in total. The second-order valence-electron chi connectivity index (χ2n) is 5.51. The molecular formula is C20H16BrN3O2. The average molecular weight is 410 g/mol. The fourth-order valence-electron chi connectivity index (χ4n) is 2.71. The maximum atomic E-state index is 9.56. The van der Waals surface area contributed by atoms with E-state index < -0.39 is 0 Å². The molecule has 26 heavy (non-hydrogen) atoms. The van der Waals surface area contributed by atoms with Gasteiger partial charge in [0.1, 0.15) is 17.5 Å². The van der Waals surface area contributed by atoms with Crippen molar-refractivity contribution in [2.75, 3.05) is 20.0 Å². The molecule has 6 heteroatoms. The van der Waals surface area contributed by atoms with Gasteiger partial charge in [-0.15, -0.1) is 0 Å². The number of pyridine rings is 1. The lowest BCUT2D eigenvalue weighted by Crippen LogP contribution is -2.00. The summed E-state index contributed by atoms with van der Waals surface area (Å²) in [4.78, 5) is 4.40. The van der Waals surface area contributed by atoms with Gasteiger partial charge in [-0.3, -0.25) is 0 Å². The number of nitrogens with two attached hydrogens (primary N) is 1. The van der Waals surface area contributed by atoms with E-state index in [1.54, 1.807) is 20.3 Å². The van der Waals surface area contributed by atoms with Crippen molar-refractivity contribution in [2.45, 2.75) is 0 Å². The smallest absolute Gasteiger partial charge is 0.161 e. The average Bonchev–Trinajstić information content (AvgIpc) is 2.66. The van der Waals surface area contributed by atoms with Gasteiger partial charge >= 0.3 is 0 Å². The quantitative estimate of drug-likeness (QED) is 0.677. The Morgan fingerprint density at radius 2 is 1.77 bits per heavy atom. The number of hydrogen-bond donors (Lipinski definition) is 1. The fraction of sp³-hybridized carbons (Fsp3) is 0.100. The molecule has 0 amide bonds. The standard InChI is InChI=1S/C20H16BrN3O2/c1-25-18-7-6-12(9-19(18)26-2)15-10-17(24-20(23)16(15)11-22)13-4-3-5-14(21)8-13/h3-10H,1-2H3,(H2,23,24). The first kappa shape index (κ1) is 17.8. The van der Waals surface area contributed by atoms with E-state index in [0.29, 0.717) is 28.3 Å². The molecule has 0 radical (unpaired) electrons. The van der Waals surface area contributed by atoms with E-state index in [9.17, 15) is 5.26 Å². The lowest BCUT2D eigenvalue weighted by Gasteiger charge is -2.13. The van der Waals surface area contributed by atoms with Crippen molar-refractivity contribution in [3.63, 3.8) is 0 Å². The zero-order valence-corrected chi connectivity index (χ0v) is 15.9. The Labute approximate surface area is 160 Å². The number of nitrogens with zero attached hydrogens (tertiary/aromatic N) is 2. The molecule has 0 aliphatic heterocycles. The summed E-state index contributed by atoms with van der Waals surface area (Å²) in [6.07, 6.45) is 0. The number of nitriles is 1. The van der Waals surface area contributed by atoms with Gasteiger partial charge in [0.05, 0.1) is 19.9 Å². The van der Waals surface area contributed by atoms with Crippen LogP contribution in [-0.2, 0) is 0 Å². The zero-order chi connectivity index (χ0) is 18.7. The fourth-order valence-corrected chi connectivity index (χ4v) is 3.11. The molecule has 3 rings (SSSR count). The second-order valence-corrected chi connectivity index (χ2v) is 6.42. The van der Waals surface area contributed by atoms with Crippen molar-refractivity contribution in [3.8, 4) is 40.0 Å². The third-order valence-electron chi connectivity index (χ3n) is 3.97. The maximum absolute atomic E-state index is 9.56. The predicted octanol–water partition coefficient (Wildman–Crippen LogP) is 4.65. The van der Waals surface area contributed by atoms with Gasteiger partial charge in [-0.2, -0.15) is 5.26 Å². The second kappa shape index (κ2) is 7.46. The molecule has 0 aliphatic rings. The summed E-state index contributed by atoms with van der Waals surface area (Å²) in [5.41, 5.74) is 9.47. The summed E-state index contributed by atoms with van der Waals surface area (Å²) in [5, 5.41) is 9.56. The highest BCUT2D eigenvalue weighted by atomic mass is 79.9. The van der Waals surface area contributed by atoms with E-state index in [-0.39, 0.29) is 5.82 Å². The number of anilines is 1. The Morgan fingerprint density at radius 3 is 2.42 bits per heavy atom. The van der Waals surface area contributed by atoms with Gasteiger partial charge in [0.2, 0.25) is 0 Å². The van der Waals surface area contributed by atoms with Crippen LogP contribution in [0.5, 0.6) is 11.5 Å². The van der Waals surface area contributed by atoms with Gasteiger partial charge in [-0.1, -0.05) is 34.1 Å². The van der Waals surface area contributed by atoms with Crippen molar-refractivity contribution in [1.82, 2.24) is 4.98 Å². The van der Waals surface area contributed by atoms with Crippen LogP contribution in [0.15, 0.2) is 53.0 Å². The molecular weight excluding hydrogens is 394 g/mol. The molecule has 0 aliphatic carbocycles. The minimum atomic E-state index is 0.190. The number of methoxy groups -OCH3 is 2. The lowest BCUT2D eigenvalue weighted by molar-refractivity contribution is 0.355. The van der Waals surface area contributed by atoms with E-state index in [4.69, 9.17) is 15.2 Å². The zero-order valence-electron chi connectivity index (χ0n) is 14.3. The number of nitrogen functional groups attached to an aromatic ring is 1. The van der Waals surface area contributed by atoms with Gasteiger partial charge in [0.15, 0.2) is 11.5 Å². The van der Waals surface area contributed by atoms with Crippen LogP contribution in [0.25, 0.3) is 22.4 Å². The molecule has 5 nitrogen and oxygen atoms in total. The van der Waals surface area contributed by atoms with Crippen LogP contribution in [-0.4, -0.2) is 19.2 Å². The van der Waals surface area contributed by atoms with Crippen LogP contribution in [0.3, 0.4) is 0 Å². The molecule has 0 spiro atoms. The van der Waals surface area contributed by atoms with E-state index in [1.165, 1.54) is 0 Å². The molecule has 0 saturated carbocycles. The van der Waals surface area contributed by atoms with Crippen LogP contribution in [0, 0.1) is 11.3 Å². The van der Waals surface area contributed by atoms with E-state index >= 15 is 0 Å². The Balaban J connectivity index is 2.22. The van der Waals surface area contributed by atoms with Gasteiger partial charge in [0, 0.05) is 15.6 Å². The molecule has 1 heterocycles. The molecule has 0 atom stereocenters. The van der Waals surface area contributed by atoms with Crippen LogP contribution in [0.1, 0.15) is 5.56 Å². The normalized spacial score (nSPS) is 10.2. The molecule has 3 aromatic rings. The first-order valence-corrected chi connectivity index (χ1v) is 8.55. The van der Waals surface area contributed by atoms with E-state index in [2.05, 4.69) is 27.0 Å². The minimum Gasteiger partial charge on any atom is -0.493 e. The summed E-state index contributed by atoms with van der Waals surface area (Å²) >= 11 is 3.46. The molecule has 130 valence electrons. The minimum absolute atomic E-state index is 0.190. The number of ether oxygens (including phenoxy) is 2. The van der Waals surface area contributed by atoms with Crippen molar-refractivity contribution >= 4 is 21.7 Å². The molecule has 0 saturated heterocycles. The largest absolute Gasteiger partial charge is 0.493 e. The summed E-state index contributed by atoms with van der Waals surface area (Å²) in [6, 6.07) is 17.2. The number of benzene rings is 2. The topological polar surface area (TPSA) is 81.2 Å². The van der Waals surface area contributed by atoms with Crippen LogP contribution in [0.2, 0.25) is 0 Å². The molecule has 0 unspecified atom stereocenters. The first-order valence-electron chi connectivity index (χ1n) is 7.76. The Morgan fingerprint density at radius 1 is 1.00 bits per heavy atom. The van der Waals surface area contributed by atoms with E-state index in [1.807, 2.05) is 42.5 Å². The van der Waals surface area contributed by atoms with Crippen molar-refractivity contribution in [1.29, 1.82) is 5.26 Å². The highest BCUT2D eigenvalue weighted by Gasteiger charge is 2.15. The number of hydrogen-bond acceptors (Lipinski definition) is 5. The lowest BCUT2D eigenvalue weighted by atomic mass is 9.98. The summed E-state index contributed by atoms with van der Waals surface area (Å²) in [5.74, 6) is 1.38.